The number of aryl methyl sites for hydroxylation is 1. The summed E-state index contributed by atoms with van der Waals surface area (Å²) < 4.78 is 0. The van der Waals surface area contributed by atoms with Crippen LogP contribution in [0.3, 0.4) is 0 Å². The van der Waals surface area contributed by atoms with Crippen LogP contribution in [-0.2, 0) is 12.8 Å². The number of carbonyl (C=O) groups is 1. The van der Waals surface area contributed by atoms with Crippen LogP contribution in [0, 0.1) is 11.3 Å². The van der Waals surface area contributed by atoms with Crippen LogP contribution >= 0.6 is 0 Å². The van der Waals surface area contributed by atoms with Crippen molar-refractivity contribution < 1.29 is 4.79 Å². The van der Waals surface area contributed by atoms with Crippen LogP contribution in [-0.4, -0.2) is 5.78 Å². The first-order chi connectivity index (χ1) is 10.2. The van der Waals surface area contributed by atoms with Crippen LogP contribution in [0.25, 0.3) is 0 Å². The normalized spacial score (nSPS) is 29.9. The maximum atomic E-state index is 12.7. The first-order valence-electron chi connectivity index (χ1n) is 8.53. The van der Waals surface area contributed by atoms with Gasteiger partial charge in [0.15, 0.2) is 5.78 Å². The highest BCUT2D eigenvalue weighted by atomic mass is 16.1. The molecule has 3 aliphatic rings. The van der Waals surface area contributed by atoms with E-state index < -0.39 is 0 Å². The summed E-state index contributed by atoms with van der Waals surface area (Å²) in [5.74, 6) is 1.15. The lowest BCUT2D eigenvalue weighted by Crippen LogP contribution is -2.36. The summed E-state index contributed by atoms with van der Waals surface area (Å²) in [6.45, 7) is 2.22. The second-order valence-electron chi connectivity index (χ2n) is 7.41. The molecule has 0 aliphatic heterocycles. The quantitative estimate of drug-likeness (QED) is 0.721. The maximum absolute atomic E-state index is 12.7. The zero-order valence-corrected chi connectivity index (χ0v) is 13.0. The van der Waals surface area contributed by atoms with E-state index in [1.807, 2.05) is 0 Å². The van der Waals surface area contributed by atoms with Gasteiger partial charge in [-0.2, -0.15) is 0 Å². The maximum Gasteiger partial charge on any atom is 0.163 e. The third-order valence-electron chi connectivity index (χ3n) is 5.99. The second kappa shape index (κ2) is 4.83. The molecule has 0 aromatic heterocycles. The van der Waals surface area contributed by atoms with Crippen LogP contribution in [0.4, 0.5) is 0 Å². The van der Waals surface area contributed by atoms with Gasteiger partial charge < -0.3 is 0 Å². The average molecular weight is 280 g/mol. The van der Waals surface area contributed by atoms with Gasteiger partial charge in [0.2, 0.25) is 0 Å². The Hall–Kier alpha value is -1.37. The van der Waals surface area contributed by atoms with Gasteiger partial charge in [-0.1, -0.05) is 37.1 Å². The van der Waals surface area contributed by atoms with Gasteiger partial charge in [-0.15, -0.1) is 0 Å². The first kappa shape index (κ1) is 13.3. The smallest absolute Gasteiger partial charge is 0.163 e. The van der Waals surface area contributed by atoms with Crippen LogP contribution in [0.5, 0.6) is 0 Å². The molecule has 0 heterocycles. The number of fused-ring (bicyclic) bond motifs is 4. The molecule has 1 heteroatoms. The van der Waals surface area contributed by atoms with Crippen molar-refractivity contribution in [3.63, 3.8) is 0 Å². The van der Waals surface area contributed by atoms with Gasteiger partial charge in [-0.3, -0.25) is 4.79 Å². The van der Waals surface area contributed by atoms with Gasteiger partial charge >= 0.3 is 0 Å². The zero-order chi connectivity index (χ0) is 14.4. The van der Waals surface area contributed by atoms with E-state index in [2.05, 4.69) is 31.2 Å². The molecule has 2 bridgehead atoms. The van der Waals surface area contributed by atoms with Crippen LogP contribution in [0.2, 0.25) is 0 Å². The lowest BCUT2D eigenvalue weighted by Gasteiger charge is -2.39. The Morgan fingerprint density at radius 2 is 2.14 bits per heavy atom. The molecule has 3 aliphatic carbocycles. The van der Waals surface area contributed by atoms with E-state index in [4.69, 9.17) is 0 Å². The number of unbranched alkanes of at least 4 members (excludes halogenated alkanes) is 1. The third-order valence-corrected chi connectivity index (χ3v) is 5.99. The van der Waals surface area contributed by atoms with Gasteiger partial charge in [0, 0.05) is 12.0 Å². The number of Topliss-reactive ketones (excluding diaryl/α,β-unsaturated/α-hetero) is 1. The van der Waals surface area contributed by atoms with Crippen molar-refractivity contribution in [2.24, 2.45) is 11.3 Å². The van der Waals surface area contributed by atoms with Crippen molar-refractivity contribution >= 4 is 5.78 Å². The van der Waals surface area contributed by atoms with E-state index >= 15 is 0 Å². The molecule has 1 spiro atoms. The topological polar surface area (TPSA) is 17.1 Å². The summed E-state index contributed by atoms with van der Waals surface area (Å²) >= 11 is 0. The van der Waals surface area contributed by atoms with Crippen LogP contribution in [0.1, 0.15) is 66.9 Å². The van der Waals surface area contributed by atoms with E-state index in [-0.39, 0.29) is 5.41 Å². The molecule has 4 rings (SSSR count). The summed E-state index contributed by atoms with van der Waals surface area (Å²) in [4.78, 5) is 12.7. The molecule has 0 radical (unpaired) electrons. The monoisotopic (exact) mass is 280 g/mol. The third kappa shape index (κ3) is 2.09. The molecule has 1 nitrogen and oxygen atoms in total. The highest BCUT2D eigenvalue weighted by Gasteiger charge is 2.50. The van der Waals surface area contributed by atoms with Crippen molar-refractivity contribution in [1.29, 1.82) is 0 Å². The molecule has 1 saturated carbocycles. The predicted molar refractivity (Wildman–Crippen MR) is 85.6 cm³/mol. The Morgan fingerprint density at radius 1 is 1.24 bits per heavy atom. The number of rotatable bonds is 3. The Kier molecular flexibility index (Phi) is 3.06. The molecule has 21 heavy (non-hydrogen) atoms. The lowest BCUT2D eigenvalue weighted by molar-refractivity contribution is 0.0823. The summed E-state index contributed by atoms with van der Waals surface area (Å²) in [5, 5.41) is 0. The summed E-state index contributed by atoms with van der Waals surface area (Å²) in [6, 6.07) is 6.69. The molecule has 2 unspecified atom stereocenters. The van der Waals surface area contributed by atoms with Crippen LogP contribution < -0.4 is 0 Å². The number of allylic oxidation sites excluding steroid dienone is 2. The number of hydrogen-bond donors (Lipinski definition) is 0. The molecular weight excluding hydrogens is 256 g/mol. The molecule has 2 atom stereocenters. The van der Waals surface area contributed by atoms with Crippen LogP contribution in [0.15, 0.2) is 29.8 Å². The van der Waals surface area contributed by atoms with Gasteiger partial charge in [-0.25, -0.2) is 0 Å². The highest BCUT2D eigenvalue weighted by molar-refractivity contribution is 5.99. The highest BCUT2D eigenvalue weighted by Crippen LogP contribution is 2.58. The fourth-order valence-electron chi connectivity index (χ4n) is 4.84. The van der Waals surface area contributed by atoms with E-state index in [1.54, 1.807) is 5.57 Å². The number of benzene rings is 1. The molecular formula is C20H24O. The van der Waals surface area contributed by atoms with Gasteiger partial charge in [0.05, 0.1) is 0 Å². The molecule has 1 fully saturated rings. The minimum absolute atomic E-state index is 0.277. The number of ketones is 1. The van der Waals surface area contributed by atoms with Gasteiger partial charge in [0.25, 0.3) is 0 Å². The fourth-order valence-corrected chi connectivity index (χ4v) is 4.84. The average Bonchev–Trinajstić information content (AvgIpc) is 3.06. The lowest BCUT2D eigenvalue weighted by atomic mass is 9.63. The number of hydrogen-bond acceptors (Lipinski definition) is 1. The van der Waals surface area contributed by atoms with E-state index in [1.165, 1.54) is 43.2 Å². The Bertz CT molecular complexity index is 625. The molecule has 110 valence electrons. The van der Waals surface area contributed by atoms with Crippen molar-refractivity contribution in [1.82, 2.24) is 0 Å². The minimum Gasteiger partial charge on any atom is -0.294 e. The van der Waals surface area contributed by atoms with Crippen molar-refractivity contribution in [3.8, 4) is 0 Å². The zero-order valence-electron chi connectivity index (χ0n) is 13.0. The summed E-state index contributed by atoms with van der Waals surface area (Å²) in [6.07, 6.45) is 11.5. The summed E-state index contributed by atoms with van der Waals surface area (Å²) in [5.41, 5.74) is 5.59. The second-order valence-corrected chi connectivity index (χ2v) is 7.41. The molecule has 0 saturated heterocycles. The summed E-state index contributed by atoms with van der Waals surface area (Å²) in [7, 11) is 0. The van der Waals surface area contributed by atoms with Crippen molar-refractivity contribution in [3.05, 3.63) is 46.5 Å². The Morgan fingerprint density at radius 3 is 2.86 bits per heavy atom. The van der Waals surface area contributed by atoms with Gasteiger partial charge in [-0.05, 0) is 67.1 Å². The Labute approximate surface area is 127 Å². The molecule has 0 N–H and O–H groups in total. The molecule has 0 amide bonds. The van der Waals surface area contributed by atoms with E-state index in [0.29, 0.717) is 5.78 Å². The standard InChI is InChI=1S/C20H24O/c1-2-3-4-14-5-7-16-12-20(13-19(21)18(16)10-14)11-15-6-8-17(20)9-15/h5-7,10,17H,2-4,8-9,11-13H2,1H3. The predicted octanol–water partition coefficient (Wildman–Crippen LogP) is 4.88. The van der Waals surface area contributed by atoms with Crippen molar-refractivity contribution in [2.45, 2.75) is 58.3 Å². The minimum atomic E-state index is 0.277. The number of carbonyl (C=O) groups excluding carboxylic acids is 1. The van der Waals surface area contributed by atoms with Gasteiger partial charge in [0.1, 0.15) is 0 Å². The molecule has 1 aromatic rings. The largest absolute Gasteiger partial charge is 0.294 e. The molecule has 1 aromatic carbocycles. The SMILES string of the molecule is CCCCc1ccc2c(c1)C(=O)CC1(CC3=CCC1C3)C2. The fraction of sp³-hybridized carbons (Fsp3) is 0.550. The Balaban J connectivity index is 1.64. The first-order valence-corrected chi connectivity index (χ1v) is 8.53. The van der Waals surface area contributed by atoms with Crippen molar-refractivity contribution in [2.75, 3.05) is 0 Å². The van der Waals surface area contributed by atoms with E-state index in [9.17, 15) is 4.79 Å². The van der Waals surface area contributed by atoms with E-state index in [0.717, 1.165) is 30.7 Å².